The SMILES string of the molecule is CCC1NCCn2c(-c3ccccc3C)nnc21. The lowest BCUT2D eigenvalue weighted by molar-refractivity contribution is 0.407. The van der Waals surface area contributed by atoms with Gasteiger partial charge in [0.05, 0.1) is 6.04 Å². The van der Waals surface area contributed by atoms with E-state index in [0.29, 0.717) is 6.04 Å². The second-order valence-corrected chi connectivity index (χ2v) is 4.76. The van der Waals surface area contributed by atoms with Crippen molar-refractivity contribution in [1.82, 2.24) is 20.1 Å². The lowest BCUT2D eigenvalue weighted by Crippen LogP contribution is -2.33. The first-order valence-electron chi connectivity index (χ1n) is 6.53. The Morgan fingerprint density at radius 2 is 2.17 bits per heavy atom. The number of nitrogens with one attached hydrogen (secondary N) is 1. The van der Waals surface area contributed by atoms with Crippen LogP contribution in [0, 0.1) is 6.92 Å². The predicted octanol–water partition coefficient (Wildman–Crippen LogP) is 2.31. The first kappa shape index (κ1) is 11.4. The Labute approximate surface area is 107 Å². The lowest BCUT2D eigenvalue weighted by Gasteiger charge is -2.24. The van der Waals surface area contributed by atoms with Gasteiger partial charge >= 0.3 is 0 Å². The van der Waals surface area contributed by atoms with Crippen molar-refractivity contribution in [2.24, 2.45) is 0 Å². The highest BCUT2D eigenvalue weighted by Gasteiger charge is 2.24. The molecule has 0 amide bonds. The van der Waals surface area contributed by atoms with Gasteiger partial charge in [-0.1, -0.05) is 31.2 Å². The Bertz CT molecular complexity index is 559. The summed E-state index contributed by atoms with van der Waals surface area (Å²) in [7, 11) is 0. The molecule has 1 N–H and O–H groups in total. The molecule has 0 aliphatic carbocycles. The summed E-state index contributed by atoms with van der Waals surface area (Å²) >= 11 is 0. The maximum atomic E-state index is 4.40. The molecule has 0 spiro atoms. The Hall–Kier alpha value is -1.68. The summed E-state index contributed by atoms with van der Waals surface area (Å²) in [4.78, 5) is 0. The van der Waals surface area contributed by atoms with Gasteiger partial charge in [0.15, 0.2) is 11.6 Å². The molecule has 1 aromatic carbocycles. The van der Waals surface area contributed by atoms with E-state index in [9.17, 15) is 0 Å². The van der Waals surface area contributed by atoms with E-state index in [4.69, 9.17) is 0 Å². The van der Waals surface area contributed by atoms with Crippen LogP contribution in [0.3, 0.4) is 0 Å². The van der Waals surface area contributed by atoms with Crippen LogP contribution in [0.1, 0.15) is 30.8 Å². The summed E-state index contributed by atoms with van der Waals surface area (Å²) in [5, 5.41) is 12.3. The van der Waals surface area contributed by atoms with E-state index in [2.05, 4.69) is 58.2 Å². The number of fused-ring (bicyclic) bond motifs is 1. The molecule has 0 fully saturated rings. The van der Waals surface area contributed by atoms with Gasteiger partial charge in [-0.05, 0) is 18.9 Å². The number of hydrogen-bond donors (Lipinski definition) is 1. The Kier molecular flexibility index (Phi) is 2.88. The highest BCUT2D eigenvalue weighted by atomic mass is 15.3. The summed E-state index contributed by atoms with van der Waals surface area (Å²) in [5.74, 6) is 2.07. The van der Waals surface area contributed by atoms with Gasteiger partial charge in [-0.2, -0.15) is 0 Å². The van der Waals surface area contributed by atoms with Gasteiger partial charge in [-0.15, -0.1) is 10.2 Å². The Morgan fingerprint density at radius 3 is 2.94 bits per heavy atom. The zero-order chi connectivity index (χ0) is 12.5. The van der Waals surface area contributed by atoms with Gasteiger partial charge in [0, 0.05) is 18.7 Å². The van der Waals surface area contributed by atoms with Crippen molar-refractivity contribution in [3.05, 3.63) is 35.7 Å². The molecule has 0 saturated heterocycles. The van der Waals surface area contributed by atoms with Crippen molar-refractivity contribution in [3.63, 3.8) is 0 Å². The normalized spacial score (nSPS) is 18.7. The van der Waals surface area contributed by atoms with Crippen LogP contribution in [-0.2, 0) is 6.54 Å². The fourth-order valence-electron chi connectivity index (χ4n) is 2.59. The molecule has 1 aromatic heterocycles. The van der Waals surface area contributed by atoms with Crippen molar-refractivity contribution >= 4 is 0 Å². The minimum Gasteiger partial charge on any atom is -0.308 e. The molecule has 2 aromatic rings. The van der Waals surface area contributed by atoms with Crippen LogP contribution in [0.4, 0.5) is 0 Å². The average molecular weight is 242 g/mol. The number of aryl methyl sites for hydroxylation is 1. The fourth-order valence-corrected chi connectivity index (χ4v) is 2.59. The highest BCUT2D eigenvalue weighted by molar-refractivity contribution is 5.60. The molecule has 2 heterocycles. The average Bonchev–Trinajstić information content (AvgIpc) is 2.83. The number of aromatic nitrogens is 3. The number of rotatable bonds is 2. The molecular formula is C14H18N4. The van der Waals surface area contributed by atoms with E-state index in [1.165, 1.54) is 11.1 Å². The summed E-state index contributed by atoms with van der Waals surface area (Å²) in [6, 6.07) is 8.69. The van der Waals surface area contributed by atoms with Crippen LogP contribution < -0.4 is 5.32 Å². The zero-order valence-corrected chi connectivity index (χ0v) is 10.8. The standard InChI is InChI=1S/C14H18N4/c1-3-12-14-17-16-13(18(14)9-8-15-12)11-7-5-4-6-10(11)2/h4-7,12,15H,3,8-9H2,1-2H3. The van der Waals surface area contributed by atoms with Gasteiger partial charge in [0.2, 0.25) is 0 Å². The van der Waals surface area contributed by atoms with Crippen molar-refractivity contribution in [2.45, 2.75) is 32.9 Å². The van der Waals surface area contributed by atoms with E-state index < -0.39 is 0 Å². The molecule has 4 nitrogen and oxygen atoms in total. The Balaban J connectivity index is 2.10. The monoisotopic (exact) mass is 242 g/mol. The van der Waals surface area contributed by atoms with Gasteiger partial charge in [-0.3, -0.25) is 0 Å². The lowest BCUT2D eigenvalue weighted by atomic mass is 10.1. The minimum absolute atomic E-state index is 0.337. The molecule has 1 unspecified atom stereocenters. The van der Waals surface area contributed by atoms with E-state index in [1.807, 2.05) is 0 Å². The summed E-state index contributed by atoms with van der Waals surface area (Å²) in [6.07, 6.45) is 1.05. The molecule has 94 valence electrons. The molecule has 3 rings (SSSR count). The van der Waals surface area contributed by atoms with Gasteiger partial charge < -0.3 is 9.88 Å². The molecule has 4 heteroatoms. The number of hydrogen-bond acceptors (Lipinski definition) is 3. The Morgan fingerprint density at radius 1 is 1.33 bits per heavy atom. The first-order valence-corrected chi connectivity index (χ1v) is 6.53. The molecule has 1 aliphatic rings. The van der Waals surface area contributed by atoms with Crippen molar-refractivity contribution in [1.29, 1.82) is 0 Å². The molecular weight excluding hydrogens is 224 g/mol. The van der Waals surface area contributed by atoms with E-state index in [-0.39, 0.29) is 0 Å². The zero-order valence-electron chi connectivity index (χ0n) is 10.8. The van der Waals surface area contributed by atoms with Crippen LogP contribution in [0.15, 0.2) is 24.3 Å². The molecule has 1 atom stereocenters. The first-order chi connectivity index (χ1) is 8.81. The summed E-state index contributed by atoms with van der Waals surface area (Å²) in [6.45, 7) is 6.23. The van der Waals surface area contributed by atoms with Gasteiger partial charge in [-0.25, -0.2) is 0 Å². The summed E-state index contributed by atoms with van der Waals surface area (Å²) in [5.41, 5.74) is 2.44. The molecule has 0 radical (unpaired) electrons. The quantitative estimate of drug-likeness (QED) is 0.878. The van der Waals surface area contributed by atoms with Crippen LogP contribution in [0.25, 0.3) is 11.4 Å². The number of nitrogens with zero attached hydrogens (tertiary/aromatic N) is 3. The van der Waals surface area contributed by atoms with Gasteiger partial charge in [0.1, 0.15) is 0 Å². The van der Waals surface area contributed by atoms with Crippen LogP contribution in [-0.4, -0.2) is 21.3 Å². The maximum Gasteiger partial charge on any atom is 0.164 e. The van der Waals surface area contributed by atoms with E-state index >= 15 is 0 Å². The van der Waals surface area contributed by atoms with Crippen LogP contribution in [0.2, 0.25) is 0 Å². The smallest absolute Gasteiger partial charge is 0.164 e. The second-order valence-electron chi connectivity index (χ2n) is 4.76. The maximum absolute atomic E-state index is 4.40. The molecule has 18 heavy (non-hydrogen) atoms. The third kappa shape index (κ3) is 1.73. The third-order valence-electron chi connectivity index (χ3n) is 3.61. The number of benzene rings is 1. The minimum atomic E-state index is 0.337. The molecule has 0 saturated carbocycles. The van der Waals surface area contributed by atoms with Crippen molar-refractivity contribution in [3.8, 4) is 11.4 Å². The van der Waals surface area contributed by atoms with Crippen LogP contribution in [0.5, 0.6) is 0 Å². The summed E-state index contributed by atoms with van der Waals surface area (Å²) < 4.78 is 2.26. The second kappa shape index (κ2) is 4.53. The van der Waals surface area contributed by atoms with Gasteiger partial charge in [0.25, 0.3) is 0 Å². The molecule has 0 bridgehead atoms. The van der Waals surface area contributed by atoms with E-state index in [0.717, 1.165) is 31.2 Å². The third-order valence-corrected chi connectivity index (χ3v) is 3.61. The van der Waals surface area contributed by atoms with Crippen molar-refractivity contribution < 1.29 is 0 Å². The van der Waals surface area contributed by atoms with E-state index in [1.54, 1.807) is 0 Å². The largest absolute Gasteiger partial charge is 0.308 e. The van der Waals surface area contributed by atoms with Crippen molar-refractivity contribution in [2.75, 3.05) is 6.54 Å². The molecule has 1 aliphatic heterocycles. The highest BCUT2D eigenvalue weighted by Crippen LogP contribution is 2.26. The van der Waals surface area contributed by atoms with Crippen LogP contribution >= 0.6 is 0 Å². The fraction of sp³-hybridized carbons (Fsp3) is 0.429. The topological polar surface area (TPSA) is 42.7 Å². The predicted molar refractivity (Wildman–Crippen MR) is 71.2 cm³/mol.